The second-order valence-electron chi connectivity index (χ2n) is 5.76. The molecule has 0 aliphatic rings. The average molecular weight is 420 g/mol. The molecule has 3 aromatic rings. The largest absolute Gasteiger partial charge is 0.497 e. The average Bonchev–Trinajstić information content (AvgIpc) is 3.30. The molecule has 0 aliphatic heterocycles. The summed E-state index contributed by atoms with van der Waals surface area (Å²) in [6, 6.07) is 7.79. The van der Waals surface area contributed by atoms with Gasteiger partial charge in [0, 0.05) is 19.2 Å². The van der Waals surface area contributed by atoms with Crippen molar-refractivity contribution in [1.29, 1.82) is 0 Å². The van der Waals surface area contributed by atoms with Crippen LogP contribution in [0, 0.1) is 6.92 Å². The smallest absolute Gasteiger partial charge is 0.236 e. The van der Waals surface area contributed by atoms with Gasteiger partial charge in [-0.1, -0.05) is 23.1 Å². The lowest BCUT2D eigenvalue weighted by Crippen LogP contribution is -2.15. The maximum Gasteiger partial charge on any atom is 0.236 e. The van der Waals surface area contributed by atoms with Crippen LogP contribution in [0.5, 0.6) is 5.75 Å². The third-order valence-electron chi connectivity index (χ3n) is 3.83. The summed E-state index contributed by atoms with van der Waals surface area (Å²) < 4.78 is 12.5. The Bertz CT molecular complexity index is 924. The van der Waals surface area contributed by atoms with Crippen LogP contribution in [0.4, 0.5) is 5.13 Å². The van der Waals surface area contributed by atoms with Crippen molar-refractivity contribution in [2.45, 2.75) is 18.6 Å². The number of aromatic nitrogens is 4. The highest BCUT2D eigenvalue weighted by atomic mass is 32.2. The minimum Gasteiger partial charge on any atom is -0.497 e. The number of carbonyl (C=O) groups excluding carboxylic acids is 1. The lowest BCUT2D eigenvalue weighted by atomic mass is 10.1. The molecular formula is C18H21N5O3S2. The van der Waals surface area contributed by atoms with E-state index in [1.54, 1.807) is 14.2 Å². The molecule has 1 aromatic carbocycles. The first kappa shape index (κ1) is 20.3. The van der Waals surface area contributed by atoms with E-state index in [1.807, 2.05) is 37.4 Å². The van der Waals surface area contributed by atoms with Crippen LogP contribution in [0.15, 0.2) is 35.6 Å². The number of anilines is 1. The number of nitrogens with zero attached hydrogens (tertiary/aromatic N) is 4. The molecule has 2 heterocycles. The molecule has 0 atom stereocenters. The molecule has 0 fully saturated rings. The molecule has 10 heteroatoms. The maximum atomic E-state index is 12.2. The standard InChI is InChI=1S/C18H21N5O3S2/c1-12-21-22-17(28-12)20-16(24)11-27-18-19-10-15(23(18)8-9-25-2)13-4-6-14(26-3)7-5-13/h4-7,10H,8-9,11H2,1-3H3,(H,20,22,24). The third-order valence-corrected chi connectivity index (χ3v) is 5.57. The minimum atomic E-state index is -0.145. The molecular weight excluding hydrogens is 398 g/mol. The summed E-state index contributed by atoms with van der Waals surface area (Å²) in [6.07, 6.45) is 1.81. The quantitative estimate of drug-likeness (QED) is 0.533. The van der Waals surface area contributed by atoms with E-state index in [1.165, 1.54) is 23.1 Å². The topological polar surface area (TPSA) is 91.2 Å². The van der Waals surface area contributed by atoms with Crippen molar-refractivity contribution in [2.75, 3.05) is 31.9 Å². The van der Waals surface area contributed by atoms with Gasteiger partial charge in [0.05, 0.1) is 31.4 Å². The van der Waals surface area contributed by atoms with Crippen molar-refractivity contribution in [2.24, 2.45) is 0 Å². The summed E-state index contributed by atoms with van der Waals surface area (Å²) in [5.41, 5.74) is 1.98. The highest BCUT2D eigenvalue weighted by Crippen LogP contribution is 2.27. The molecule has 0 spiro atoms. The van der Waals surface area contributed by atoms with E-state index >= 15 is 0 Å². The Kier molecular flexibility index (Phi) is 7.01. The summed E-state index contributed by atoms with van der Waals surface area (Å²) in [6.45, 7) is 3.02. The van der Waals surface area contributed by atoms with Crippen molar-refractivity contribution < 1.29 is 14.3 Å². The molecule has 0 aliphatic carbocycles. The number of amides is 1. The number of ether oxygens (including phenoxy) is 2. The van der Waals surface area contributed by atoms with Gasteiger partial charge in [-0.05, 0) is 31.2 Å². The number of rotatable bonds is 9. The third kappa shape index (κ3) is 5.09. The van der Waals surface area contributed by atoms with Crippen molar-refractivity contribution in [3.8, 4) is 17.0 Å². The van der Waals surface area contributed by atoms with Crippen LogP contribution in [0.3, 0.4) is 0 Å². The zero-order valence-electron chi connectivity index (χ0n) is 15.8. The fourth-order valence-corrected chi connectivity index (χ4v) is 3.91. The van der Waals surface area contributed by atoms with Crippen molar-refractivity contribution in [1.82, 2.24) is 19.7 Å². The molecule has 0 bridgehead atoms. The summed E-state index contributed by atoms with van der Waals surface area (Å²) >= 11 is 2.72. The fraction of sp³-hybridized carbons (Fsp3) is 0.333. The van der Waals surface area contributed by atoms with Crippen molar-refractivity contribution in [3.63, 3.8) is 0 Å². The Balaban J connectivity index is 1.72. The van der Waals surface area contributed by atoms with Gasteiger partial charge in [0.2, 0.25) is 11.0 Å². The number of benzene rings is 1. The molecule has 28 heavy (non-hydrogen) atoms. The summed E-state index contributed by atoms with van der Waals surface area (Å²) in [5.74, 6) is 0.878. The number of hydrogen-bond acceptors (Lipinski definition) is 8. The molecule has 0 saturated heterocycles. The second kappa shape index (κ2) is 9.67. The van der Waals surface area contributed by atoms with Gasteiger partial charge in [0.25, 0.3) is 0 Å². The van der Waals surface area contributed by atoms with Crippen LogP contribution in [-0.2, 0) is 16.1 Å². The molecule has 0 unspecified atom stereocenters. The molecule has 8 nitrogen and oxygen atoms in total. The Morgan fingerprint density at radius 3 is 2.68 bits per heavy atom. The number of hydrogen-bond donors (Lipinski definition) is 1. The Labute approximate surface area is 171 Å². The molecule has 3 rings (SSSR count). The van der Waals surface area contributed by atoms with Gasteiger partial charge in [-0.25, -0.2) is 4.98 Å². The Hall–Kier alpha value is -2.43. The van der Waals surface area contributed by atoms with Crippen molar-refractivity contribution in [3.05, 3.63) is 35.5 Å². The van der Waals surface area contributed by atoms with Crippen LogP contribution >= 0.6 is 23.1 Å². The number of thioether (sulfide) groups is 1. The first-order chi connectivity index (χ1) is 13.6. The summed E-state index contributed by atoms with van der Waals surface area (Å²) in [4.78, 5) is 16.7. The highest BCUT2D eigenvalue weighted by molar-refractivity contribution is 7.99. The SMILES string of the molecule is COCCn1c(-c2ccc(OC)cc2)cnc1SCC(=O)Nc1nnc(C)s1. The minimum absolute atomic E-state index is 0.145. The van der Waals surface area contributed by atoms with E-state index in [-0.39, 0.29) is 11.7 Å². The number of methoxy groups -OCH3 is 2. The van der Waals surface area contributed by atoms with Gasteiger partial charge in [-0.15, -0.1) is 10.2 Å². The second-order valence-corrected chi connectivity index (χ2v) is 7.89. The first-order valence-electron chi connectivity index (χ1n) is 8.52. The Morgan fingerprint density at radius 1 is 1.25 bits per heavy atom. The number of nitrogens with one attached hydrogen (secondary N) is 1. The zero-order valence-corrected chi connectivity index (χ0v) is 17.5. The van der Waals surface area contributed by atoms with E-state index < -0.39 is 0 Å². The van der Waals surface area contributed by atoms with Gasteiger partial charge in [-0.2, -0.15) is 0 Å². The predicted molar refractivity (Wildman–Crippen MR) is 110 cm³/mol. The maximum absolute atomic E-state index is 12.2. The molecule has 0 saturated carbocycles. The van der Waals surface area contributed by atoms with Crippen LogP contribution in [-0.4, -0.2) is 52.2 Å². The monoisotopic (exact) mass is 419 g/mol. The summed E-state index contributed by atoms with van der Waals surface area (Å²) in [7, 11) is 3.30. The van der Waals surface area contributed by atoms with E-state index in [0.29, 0.717) is 18.3 Å². The molecule has 2 aromatic heterocycles. The molecule has 1 N–H and O–H groups in total. The van der Waals surface area contributed by atoms with Gasteiger partial charge in [0.1, 0.15) is 10.8 Å². The molecule has 148 valence electrons. The van der Waals surface area contributed by atoms with Crippen LogP contribution in [0.1, 0.15) is 5.01 Å². The van der Waals surface area contributed by atoms with Gasteiger partial charge >= 0.3 is 0 Å². The van der Waals surface area contributed by atoms with E-state index in [2.05, 4.69) is 25.1 Å². The summed E-state index contributed by atoms with van der Waals surface area (Å²) in [5, 5.41) is 12.6. The normalized spacial score (nSPS) is 10.8. The van der Waals surface area contributed by atoms with Crippen molar-refractivity contribution >= 4 is 34.1 Å². The predicted octanol–water partition coefficient (Wildman–Crippen LogP) is 3.10. The lowest BCUT2D eigenvalue weighted by Gasteiger charge is -2.11. The van der Waals surface area contributed by atoms with E-state index in [0.717, 1.165) is 27.2 Å². The lowest BCUT2D eigenvalue weighted by molar-refractivity contribution is -0.113. The first-order valence-corrected chi connectivity index (χ1v) is 10.3. The molecule has 0 radical (unpaired) electrons. The zero-order chi connectivity index (χ0) is 19.9. The molecule has 1 amide bonds. The van der Waals surface area contributed by atoms with Crippen LogP contribution in [0.25, 0.3) is 11.3 Å². The van der Waals surface area contributed by atoms with Gasteiger partial charge < -0.3 is 14.0 Å². The Morgan fingerprint density at radius 2 is 2.04 bits per heavy atom. The number of carbonyl (C=O) groups is 1. The van der Waals surface area contributed by atoms with Crippen LogP contribution < -0.4 is 10.1 Å². The highest BCUT2D eigenvalue weighted by Gasteiger charge is 2.15. The van der Waals surface area contributed by atoms with Crippen LogP contribution in [0.2, 0.25) is 0 Å². The fourth-order valence-electron chi connectivity index (χ4n) is 2.50. The number of imidazole rings is 1. The van der Waals surface area contributed by atoms with Gasteiger partial charge in [0.15, 0.2) is 5.16 Å². The van der Waals surface area contributed by atoms with Gasteiger partial charge in [-0.3, -0.25) is 10.1 Å². The van der Waals surface area contributed by atoms with E-state index in [4.69, 9.17) is 9.47 Å². The number of aryl methyl sites for hydroxylation is 1. The van der Waals surface area contributed by atoms with E-state index in [9.17, 15) is 4.79 Å².